The molecule has 64 valence electrons. The number of rotatable bonds is 0. The van der Waals surface area contributed by atoms with Crippen LogP contribution in [0.5, 0.6) is 0 Å². The van der Waals surface area contributed by atoms with Gasteiger partial charge in [-0.1, -0.05) is 0 Å². The van der Waals surface area contributed by atoms with Gasteiger partial charge in [0, 0.05) is 31.7 Å². The fourth-order valence-electron chi connectivity index (χ4n) is 1.87. The summed E-state index contributed by atoms with van der Waals surface area (Å²) in [5, 5.41) is 3.46. The summed E-state index contributed by atoms with van der Waals surface area (Å²) in [6.07, 6.45) is 0. The molecule has 2 aliphatic rings. The Morgan fingerprint density at radius 1 is 1.55 bits per heavy atom. The molecule has 3 heteroatoms. The van der Waals surface area contributed by atoms with E-state index in [-0.39, 0.29) is 0 Å². The third kappa shape index (κ3) is 1.55. The van der Waals surface area contributed by atoms with E-state index in [0.29, 0.717) is 12.1 Å². The summed E-state index contributed by atoms with van der Waals surface area (Å²) in [7, 11) is 0. The summed E-state index contributed by atoms with van der Waals surface area (Å²) in [6.45, 7) is 7.49. The summed E-state index contributed by atoms with van der Waals surface area (Å²) < 4.78 is 5.39. The molecule has 0 aromatic rings. The van der Waals surface area contributed by atoms with Gasteiger partial charge in [-0.2, -0.15) is 0 Å². The van der Waals surface area contributed by atoms with Crippen molar-refractivity contribution < 1.29 is 4.74 Å². The predicted molar refractivity (Wildman–Crippen MR) is 43.6 cm³/mol. The molecular weight excluding hydrogens is 140 g/mol. The molecule has 0 aliphatic carbocycles. The van der Waals surface area contributed by atoms with Crippen LogP contribution in [0.25, 0.3) is 0 Å². The first-order chi connectivity index (χ1) is 5.36. The number of ether oxygens (including phenoxy) is 1. The van der Waals surface area contributed by atoms with E-state index in [2.05, 4.69) is 17.1 Å². The first kappa shape index (κ1) is 7.53. The van der Waals surface area contributed by atoms with Gasteiger partial charge in [-0.05, 0) is 6.92 Å². The highest BCUT2D eigenvalue weighted by molar-refractivity contribution is 4.85. The third-order valence-corrected chi connectivity index (χ3v) is 2.56. The molecule has 2 fully saturated rings. The van der Waals surface area contributed by atoms with E-state index in [1.807, 2.05) is 0 Å². The minimum atomic E-state index is 0.639. The second-order valence-electron chi connectivity index (χ2n) is 3.53. The molecule has 2 heterocycles. The molecule has 2 aliphatic heterocycles. The molecule has 0 radical (unpaired) electrons. The van der Waals surface area contributed by atoms with Gasteiger partial charge >= 0.3 is 0 Å². The highest BCUT2D eigenvalue weighted by Crippen LogP contribution is 2.10. The SMILES string of the molecule is C[C@@H]1CN2CCOC[C@@H]2CN1. The Bertz CT molecular complexity index is 140. The van der Waals surface area contributed by atoms with Crippen molar-refractivity contribution in [3.05, 3.63) is 0 Å². The predicted octanol–water partition coefficient (Wildman–Crippen LogP) is -0.321. The number of morpholine rings is 1. The standard InChI is InChI=1S/C8H16N2O/c1-7-5-10-2-3-11-6-8(10)4-9-7/h7-9H,2-6H2,1H3/t7-,8+/m1/s1. The second-order valence-corrected chi connectivity index (χ2v) is 3.53. The van der Waals surface area contributed by atoms with Crippen molar-refractivity contribution in [3.8, 4) is 0 Å². The zero-order chi connectivity index (χ0) is 7.68. The maximum atomic E-state index is 5.39. The van der Waals surface area contributed by atoms with Gasteiger partial charge in [0.15, 0.2) is 0 Å². The van der Waals surface area contributed by atoms with E-state index in [1.165, 1.54) is 6.54 Å². The monoisotopic (exact) mass is 156 g/mol. The van der Waals surface area contributed by atoms with Crippen molar-refractivity contribution in [2.24, 2.45) is 0 Å². The molecule has 0 spiro atoms. The van der Waals surface area contributed by atoms with Crippen LogP contribution in [0.2, 0.25) is 0 Å². The Morgan fingerprint density at radius 3 is 3.36 bits per heavy atom. The van der Waals surface area contributed by atoms with E-state index >= 15 is 0 Å². The fourth-order valence-corrected chi connectivity index (χ4v) is 1.87. The van der Waals surface area contributed by atoms with Gasteiger partial charge in [0.2, 0.25) is 0 Å². The normalized spacial score (nSPS) is 40.1. The van der Waals surface area contributed by atoms with Gasteiger partial charge in [-0.3, -0.25) is 4.90 Å². The lowest BCUT2D eigenvalue weighted by Crippen LogP contribution is -2.59. The molecule has 0 aromatic heterocycles. The van der Waals surface area contributed by atoms with Gasteiger partial charge in [0.25, 0.3) is 0 Å². The molecular formula is C8H16N2O. The highest BCUT2D eigenvalue weighted by Gasteiger charge is 2.27. The zero-order valence-corrected chi connectivity index (χ0v) is 7.05. The van der Waals surface area contributed by atoms with Crippen molar-refractivity contribution in [1.29, 1.82) is 0 Å². The van der Waals surface area contributed by atoms with Crippen molar-refractivity contribution in [2.75, 3.05) is 32.8 Å². The molecule has 0 unspecified atom stereocenters. The Hall–Kier alpha value is -0.120. The molecule has 2 saturated heterocycles. The third-order valence-electron chi connectivity index (χ3n) is 2.56. The Labute approximate surface area is 67.7 Å². The van der Waals surface area contributed by atoms with Crippen LogP contribution >= 0.6 is 0 Å². The Morgan fingerprint density at radius 2 is 2.45 bits per heavy atom. The average molecular weight is 156 g/mol. The zero-order valence-electron chi connectivity index (χ0n) is 7.05. The largest absolute Gasteiger partial charge is 0.378 e. The minimum Gasteiger partial charge on any atom is -0.378 e. The smallest absolute Gasteiger partial charge is 0.0634 e. The van der Waals surface area contributed by atoms with Crippen molar-refractivity contribution in [3.63, 3.8) is 0 Å². The lowest BCUT2D eigenvalue weighted by Gasteiger charge is -2.41. The number of nitrogens with one attached hydrogen (secondary N) is 1. The Balaban J connectivity index is 1.93. The first-order valence-corrected chi connectivity index (χ1v) is 4.41. The van der Waals surface area contributed by atoms with E-state index in [4.69, 9.17) is 4.74 Å². The van der Waals surface area contributed by atoms with Crippen LogP contribution in [0.15, 0.2) is 0 Å². The van der Waals surface area contributed by atoms with Crippen LogP contribution in [0, 0.1) is 0 Å². The lowest BCUT2D eigenvalue weighted by atomic mass is 10.1. The number of nitrogens with zero attached hydrogens (tertiary/aromatic N) is 1. The van der Waals surface area contributed by atoms with E-state index in [1.54, 1.807) is 0 Å². The molecule has 0 aromatic carbocycles. The lowest BCUT2D eigenvalue weighted by molar-refractivity contribution is -0.0244. The summed E-state index contributed by atoms with van der Waals surface area (Å²) in [4.78, 5) is 2.53. The first-order valence-electron chi connectivity index (χ1n) is 4.41. The molecule has 0 bridgehead atoms. The molecule has 11 heavy (non-hydrogen) atoms. The second kappa shape index (κ2) is 3.09. The number of piperazine rings is 1. The van der Waals surface area contributed by atoms with Crippen molar-refractivity contribution >= 4 is 0 Å². The summed E-state index contributed by atoms with van der Waals surface area (Å²) in [5.74, 6) is 0. The van der Waals surface area contributed by atoms with Gasteiger partial charge in [-0.25, -0.2) is 0 Å². The fraction of sp³-hybridized carbons (Fsp3) is 1.00. The highest BCUT2D eigenvalue weighted by atomic mass is 16.5. The van der Waals surface area contributed by atoms with E-state index < -0.39 is 0 Å². The van der Waals surface area contributed by atoms with Crippen LogP contribution in [0.1, 0.15) is 6.92 Å². The van der Waals surface area contributed by atoms with Crippen molar-refractivity contribution in [1.82, 2.24) is 10.2 Å². The van der Waals surface area contributed by atoms with E-state index in [0.717, 1.165) is 26.3 Å². The van der Waals surface area contributed by atoms with E-state index in [9.17, 15) is 0 Å². The molecule has 1 N–H and O–H groups in total. The minimum absolute atomic E-state index is 0.639. The average Bonchev–Trinajstić information content (AvgIpc) is 2.04. The molecule has 2 rings (SSSR count). The molecule has 2 atom stereocenters. The number of hydrogen-bond acceptors (Lipinski definition) is 3. The molecule has 0 saturated carbocycles. The topological polar surface area (TPSA) is 24.5 Å². The van der Waals surface area contributed by atoms with Gasteiger partial charge in [0.1, 0.15) is 0 Å². The van der Waals surface area contributed by atoms with Gasteiger partial charge < -0.3 is 10.1 Å². The van der Waals surface area contributed by atoms with Crippen LogP contribution in [-0.2, 0) is 4.74 Å². The maximum absolute atomic E-state index is 5.39. The van der Waals surface area contributed by atoms with Crippen LogP contribution in [0.4, 0.5) is 0 Å². The van der Waals surface area contributed by atoms with Crippen LogP contribution in [-0.4, -0.2) is 49.8 Å². The van der Waals surface area contributed by atoms with Crippen molar-refractivity contribution in [2.45, 2.75) is 19.0 Å². The van der Waals surface area contributed by atoms with Crippen LogP contribution in [0.3, 0.4) is 0 Å². The number of hydrogen-bond donors (Lipinski definition) is 1. The summed E-state index contributed by atoms with van der Waals surface area (Å²) >= 11 is 0. The quantitative estimate of drug-likeness (QED) is 0.520. The Kier molecular flexibility index (Phi) is 2.11. The molecule has 3 nitrogen and oxygen atoms in total. The van der Waals surface area contributed by atoms with Crippen LogP contribution < -0.4 is 5.32 Å². The number of fused-ring (bicyclic) bond motifs is 1. The van der Waals surface area contributed by atoms with Gasteiger partial charge in [0.05, 0.1) is 13.2 Å². The molecule has 0 amide bonds. The van der Waals surface area contributed by atoms with Gasteiger partial charge in [-0.15, -0.1) is 0 Å². The maximum Gasteiger partial charge on any atom is 0.0634 e. The summed E-state index contributed by atoms with van der Waals surface area (Å²) in [5.41, 5.74) is 0. The summed E-state index contributed by atoms with van der Waals surface area (Å²) in [6, 6.07) is 1.30.